The van der Waals surface area contributed by atoms with Crippen LogP contribution in [0.3, 0.4) is 0 Å². The van der Waals surface area contributed by atoms with Gasteiger partial charge < -0.3 is 19.7 Å². The summed E-state index contributed by atoms with van der Waals surface area (Å²) in [6.45, 7) is 4.53. The van der Waals surface area contributed by atoms with Crippen molar-refractivity contribution in [3.05, 3.63) is 59.4 Å². The van der Waals surface area contributed by atoms with Crippen molar-refractivity contribution in [3.8, 4) is 11.5 Å². The van der Waals surface area contributed by atoms with Gasteiger partial charge in [-0.15, -0.1) is 6.58 Å². The topological polar surface area (TPSA) is 80.8 Å². The lowest BCUT2D eigenvalue weighted by Gasteiger charge is -2.34. The molecule has 1 aliphatic rings. The van der Waals surface area contributed by atoms with E-state index in [1.165, 1.54) is 12.1 Å². The number of nitrogens with one attached hydrogen (secondary N) is 1. The van der Waals surface area contributed by atoms with Crippen LogP contribution in [0.1, 0.15) is 42.5 Å². The number of anilines is 1. The summed E-state index contributed by atoms with van der Waals surface area (Å²) >= 11 is 3.15. The number of aromatic nitrogens is 1. The van der Waals surface area contributed by atoms with Gasteiger partial charge in [-0.1, -0.05) is 25.3 Å². The molecule has 3 rings (SSSR count). The minimum Gasteiger partial charge on any atom is -0.492 e. The molecule has 36 heavy (non-hydrogen) atoms. The maximum absolute atomic E-state index is 13.6. The molecule has 0 saturated heterocycles. The molecule has 1 N–H and O–H groups in total. The lowest BCUT2D eigenvalue weighted by atomic mass is 9.93. The molecule has 7 nitrogen and oxygen atoms in total. The number of carbonyl (C=O) groups excluding carboxylic acids is 2. The van der Waals surface area contributed by atoms with Gasteiger partial charge in [0.2, 0.25) is 0 Å². The van der Waals surface area contributed by atoms with E-state index in [9.17, 15) is 22.8 Å². The van der Waals surface area contributed by atoms with Crippen LogP contribution in [0.25, 0.3) is 0 Å². The average molecular weight is 570 g/mol. The molecule has 0 atom stereocenters. The van der Waals surface area contributed by atoms with Crippen LogP contribution in [0, 0.1) is 0 Å². The number of nitrogens with zero attached hydrogens (tertiary/aromatic N) is 2. The molecule has 1 saturated carbocycles. The van der Waals surface area contributed by atoms with E-state index in [0.29, 0.717) is 6.54 Å². The minimum atomic E-state index is -5.22. The first-order chi connectivity index (χ1) is 17.2. The standard InChI is InChI=1S/C25H27BrF3N3O4/c1-2-13-32(18-6-4-3-5-7-18)23(33)20-15-19(35-14-12-31-17-8-10-30-11-9-17)16-21(26)22(20)36-24(34)25(27,28)29/h2,8-11,15-16,18H,1,3-7,12-14H2,(H,30,31). The fourth-order valence-electron chi connectivity index (χ4n) is 3.98. The summed E-state index contributed by atoms with van der Waals surface area (Å²) in [4.78, 5) is 30.8. The van der Waals surface area contributed by atoms with E-state index in [4.69, 9.17) is 4.74 Å². The summed E-state index contributed by atoms with van der Waals surface area (Å²) in [6, 6.07) is 6.15. The number of halogens is 4. The second kappa shape index (κ2) is 12.8. The van der Waals surface area contributed by atoms with E-state index in [2.05, 4.69) is 37.5 Å². The molecular formula is C25H27BrF3N3O4. The van der Waals surface area contributed by atoms with Crippen molar-refractivity contribution in [1.82, 2.24) is 9.88 Å². The number of amides is 1. The maximum Gasteiger partial charge on any atom is 0.491 e. The molecule has 1 aliphatic carbocycles. The van der Waals surface area contributed by atoms with Crippen molar-refractivity contribution in [1.29, 1.82) is 0 Å². The molecule has 194 valence electrons. The van der Waals surface area contributed by atoms with E-state index in [1.807, 2.05) is 0 Å². The molecule has 1 amide bonds. The number of pyridine rings is 1. The van der Waals surface area contributed by atoms with Gasteiger partial charge in [-0.25, -0.2) is 4.79 Å². The van der Waals surface area contributed by atoms with Crippen molar-refractivity contribution in [2.45, 2.75) is 44.3 Å². The third-order valence-electron chi connectivity index (χ3n) is 5.66. The Morgan fingerprint density at radius 1 is 1.19 bits per heavy atom. The van der Waals surface area contributed by atoms with Crippen LogP contribution >= 0.6 is 15.9 Å². The van der Waals surface area contributed by atoms with E-state index >= 15 is 0 Å². The number of carbonyl (C=O) groups is 2. The highest BCUT2D eigenvalue weighted by Gasteiger charge is 2.42. The lowest BCUT2D eigenvalue weighted by molar-refractivity contribution is -0.189. The molecule has 2 aromatic rings. The Bertz CT molecular complexity index is 1060. The van der Waals surface area contributed by atoms with E-state index < -0.39 is 23.8 Å². The Labute approximate surface area is 215 Å². The van der Waals surface area contributed by atoms with Crippen molar-refractivity contribution in [3.63, 3.8) is 0 Å². The predicted molar refractivity (Wildman–Crippen MR) is 132 cm³/mol. The average Bonchev–Trinajstić information content (AvgIpc) is 2.86. The Morgan fingerprint density at radius 3 is 2.53 bits per heavy atom. The van der Waals surface area contributed by atoms with Gasteiger partial charge >= 0.3 is 12.1 Å². The van der Waals surface area contributed by atoms with Gasteiger partial charge in [0.25, 0.3) is 5.91 Å². The Balaban J connectivity index is 1.86. The van der Waals surface area contributed by atoms with Crippen LogP contribution in [0.4, 0.5) is 18.9 Å². The van der Waals surface area contributed by atoms with Gasteiger partial charge in [0.15, 0.2) is 5.75 Å². The van der Waals surface area contributed by atoms with Crippen molar-refractivity contribution < 1.29 is 32.2 Å². The minimum absolute atomic E-state index is 0.00904. The van der Waals surface area contributed by atoms with Crippen LogP contribution in [-0.4, -0.2) is 53.7 Å². The van der Waals surface area contributed by atoms with Crippen LogP contribution in [0.2, 0.25) is 0 Å². The molecule has 1 aromatic heterocycles. The fraction of sp³-hybridized carbons (Fsp3) is 0.400. The largest absolute Gasteiger partial charge is 0.492 e. The quantitative estimate of drug-likeness (QED) is 0.169. The van der Waals surface area contributed by atoms with E-state index in [-0.39, 0.29) is 35.0 Å². The van der Waals surface area contributed by atoms with E-state index in [0.717, 1.165) is 37.8 Å². The highest BCUT2D eigenvalue weighted by molar-refractivity contribution is 9.10. The summed E-state index contributed by atoms with van der Waals surface area (Å²) in [6.07, 6.45) is 4.11. The van der Waals surface area contributed by atoms with Gasteiger partial charge in [-0.05, 0) is 53.0 Å². The normalized spacial score (nSPS) is 14.1. The summed E-state index contributed by atoms with van der Waals surface area (Å²) in [5, 5.41) is 3.14. The zero-order valence-corrected chi connectivity index (χ0v) is 21.1. The van der Waals surface area contributed by atoms with Crippen LogP contribution in [0.5, 0.6) is 11.5 Å². The van der Waals surface area contributed by atoms with Crippen molar-refractivity contribution in [2.24, 2.45) is 0 Å². The maximum atomic E-state index is 13.6. The molecule has 0 radical (unpaired) electrons. The monoisotopic (exact) mass is 569 g/mol. The van der Waals surface area contributed by atoms with Gasteiger partial charge in [0, 0.05) is 37.2 Å². The highest BCUT2D eigenvalue weighted by atomic mass is 79.9. The third-order valence-corrected chi connectivity index (χ3v) is 6.25. The molecule has 0 bridgehead atoms. The molecule has 1 aromatic carbocycles. The third kappa shape index (κ3) is 7.46. The van der Waals surface area contributed by atoms with Crippen molar-refractivity contribution >= 4 is 33.5 Å². The zero-order chi connectivity index (χ0) is 26.1. The Kier molecular flexibility index (Phi) is 9.74. The molecule has 0 aliphatic heterocycles. The molecule has 11 heteroatoms. The highest BCUT2D eigenvalue weighted by Crippen LogP contribution is 2.37. The first-order valence-electron chi connectivity index (χ1n) is 11.5. The summed E-state index contributed by atoms with van der Waals surface area (Å²) < 4.78 is 49.3. The van der Waals surface area contributed by atoms with E-state index in [1.54, 1.807) is 35.5 Å². The summed E-state index contributed by atoms with van der Waals surface area (Å²) in [5.74, 6) is -3.25. The number of esters is 1. The number of hydrogen-bond acceptors (Lipinski definition) is 6. The number of benzene rings is 1. The van der Waals surface area contributed by atoms with Gasteiger partial charge in [-0.2, -0.15) is 13.2 Å². The summed E-state index contributed by atoms with van der Waals surface area (Å²) in [7, 11) is 0. The van der Waals surface area contributed by atoms with Crippen LogP contribution < -0.4 is 14.8 Å². The van der Waals surface area contributed by atoms with Gasteiger partial charge in [0.1, 0.15) is 12.4 Å². The number of alkyl halides is 3. The lowest BCUT2D eigenvalue weighted by Crippen LogP contribution is -2.42. The molecule has 1 heterocycles. The van der Waals surface area contributed by atoms with Gasteiger partial charge in [-0.3, -0.25) is 9.78 Å². The van der Waals surface area contributed by atoms with Crippen LogP contribution in [-0.2, 0) is 4.79 Å². The zero-order valence-electron chi connectivity index (χ0n) is 19.5. The molecule has 0 unspecified atom stereocenters. The second-order valence-electron chi connectivity index (χ2n) is 8.22. The summed E-state index contributed by atoms with van der Waals surface area (Å²) in [5.41, 5.74) is 0.638. The SMILES string of the molecule is C=CCN(C(=O)c1cc(OCCNc2ccncc2)cc(Br)c1OC(=O)C(F)(F)F)C1CCCCC1. The molecule has 1 fully saturated rings. The number of hydrogen-bond donors (Lipinski definition) is 1. The Morgan fingerprint density at radius 2 is 1.89 bits per heavy atom. The Hall–Kier alpha value is -3.08. The smallest absolute Gasteiger partial charge is 0.491 e. The predicted octanol–water partition coefficient (Wildman–Crippen LogP) is 5.76. The number of ether oxygens (including phenoxy) is 2. The second-order valence-corrected chi connectivity index (χ2v) is 9.07. The van der Waals surface area contributed by atoms with Crippen molar-refractivity contribution in [2.75, 3.05) is 25.0 Å². The first kappa shape index (κ1) is 27.5. The first-order valence-corrected chi connectivity index (χ1v) is 12.3. The molecule has 0 spiro atoms. The fourth-order valence-corrected chi connectivity index (χ4v) is 4.50. The number of rotatable bonds is 10. The van der Waals surface area contributed by atoms with Gasteiger partial charge in [0.05, 0.1) is 10.0 Å². The van der Waals surface area contributed by atoms with Crippen LogP contribution in [0.15, 0.2) is 53.8 Å². The molecular weight excluding hydrogens is 543 g/mol.